The van der Waals surface area contributed by atoms with Gasteiger partial charge in [-0.1, -0.05) is 17.7 Å². The van der Waals surface area contributed by atoms with Crippen molar-refractivity contribution in [3.05, 3.63) is 58.5 Å². The minimum atomic E-state index is -0.152. The van der Waals surface area contributed by atoms with Gasteiger partial charge in [0.25, 0.3) is 0 Å². The van der Waals surface area contributed by atoms with Crippen molar-refractivity contribution >= 4 is 11.6 Å². The fourth-order valence-electron chi connectivity index (χ4n) is 1.62. The molecule has 2 rings (SSSR count). The lowest BCUT2D eigenvalue weighted by molar-refractivity contribution is 0.562. The van der Waals surface area contributed by atoms with Crippen LogP contribution < -0.4 is 5.73 Å². The molecule has 0 amide bonds. The molecule has 2 nitrogen and oxygen atoms in total. The molecule has 3 heteroatoms. The van der Waals surface area contributed by atoms with Crippen LogP contribution in [0.15, 0.2) is 41.2 Å². The summed E-state index contributed by atoms with van der Waals surface area (Å²) in [7, 11) is 0. The van der Waals surface area contributed by atoms with Crippen LogP contribution in [0.1, 0.15) is 22.7 Å². The zero-order valence-corrected chi connectivity index (χ0v) is 9.16. The number of furan rings is 1. The van der Waals surface area contributed by atoms with Crippen molar-refractivity contribution in [3.8, 4) is 0 Å². The second-order valence-corrected chi connectivity index (χ2v) is 3.97. The maximum absolute atomic E-state index is 6.11. The molecule has 0 fully saturated rings. The standard InChI is InChI=1S/C12H12ClNO/c1-8-6-10(13)2-3-11(8)12(14)9-4-5-15-7-9/h2-7,12H,14H2,1H3. The van der Waals surface area contributed by atoms with E-state index in [0.29, 0.717) is 0 Å². The van der Waals surface area contributed by atoms with Crippen LogP contribution in [-0.4, -0.2) is 0 Å². The molecule has 1 aromatic carbocycles. The summed E-state index contributed by atoms with van der Waals surface area (Å²) < 4.78 is 5.01. The average Bonchev–Trinajstić information content (AvgIpc) is 2.69. The first-order chi connectivity index (χ1) is 7.18. The zero-order valence-electron chi connectivity index (χ0n) is 8.41. The summed E-state index contributed by atoms with van der Waals surface area (Å²) in [6.07, 6.45) is 3.29. The minimum absolute atomic E-state index is 0.152. The van der Waals surface area contributed by atoms with Crippen molar-refractivity contribution < 1.29 is 4.42 Å². The van der Waals surface area contributed by atoms with Crippen molar-refractivity contribution in [1.82, 2.24) is 0 Å². The van der Waals surface area contributed by atoms with Gasteiger partial charge in [0.05, 0.1) is 18.6 Å². The fourth-order valence-corrected chi connectivity index (χ4v) is 1.85. The number of nitrogens with two attached hydrogens (primary N) is 1. The number of hydrogen-bond donors (Lipinski definition) is 1. The Hall–Kier alpha value is -1.25. The Labute approximate surface area is 93.7 Å². The quantitative estimate of drug-likeness (QED) is 0.845. The predicted octanol–water partition coefficient (Wildman–Crippen LogP) is 3.29. The molecule has 15 heavy (non-hydrogen) atoms. The van der Waals surface area contributed by atoms with Gasteiger partial charge in [0.2, 0.25) is 0 Å². The Morgan fingerprint density at radius 3 is 2.73 bits per heavy atom. The molecule has 1 heterocycles. The van der Waals surface area contributed by atoms with E-state index in [1.807, 2.05) is 31.2 Å². The highest BCUT2D eigenvalue weighted by atomic mass is 35.5. The lowest BCUT2D eigenvalue weighted by Gasteiger charge is -2.13. The molecule has 1 atom stereocenters. The molecule has 0 saturated heterocycles. The Balaban J connectivity index is 2.38. The SMILES string of the molecule is Cc1cc(Cl)ccc1C(N)c1ccoc1. The Morgan fingerprint density at radius 2 is 2.13 bits per heavy atom. The number of benzene rings is 1. The van der Waals surface area contributed by atoms with Gasteiger partial charge in [-0.15, -0.1) is 0 Å². The summed E-state index contributed by atoms with van der Waals surface area (Å²) in [5, 5.41) is 0.732. The van der Waals surface area contributed by atoms with Crippen LogP contribution >= 0.6 is 11.6 Å². The van der Waals surface area contributed by atoms with Crippen molar-refractivity contribution in [2.75, 3.05) is 0 Å². The van der Waals surface area contributed by atoms with Gasteiger partial charge in [-0.3, -0.25) is 0 Å². The normalized spacial score (nSPS) is 12.7. The van der Waals surface area contributed by atoms with Crippen LogP contribution in [-0.2, 0) is 0 Å². The number of halogens is 1. The van der Waals surface area contributed by atoms with Crippen molar-refractivity contribution in [2.45, 2.75) is 13.0 Å². The number of aryl methyl sites for hydroxylation is 1. The monoisotopic (exact) mass is 221 g/mol. The largest absolute Gasteiger partial charge is 0.472 e. The molecule has 0 bridgehead atoms. The second kappa shape index (κ2) is 4.09. The summed E-state index contributed by atoms with van der Waals surface area (Å²) in [5.41, 5.74) is 9.25. The fraction of sp³-hybridized carbons (Fsp3) is 0.167. The summed E-state index contributed by atoms with van der Waals surface area (Å²) in [6.45, 7) is 2.00. The van der Waals surface area contributed by atoms with E-state index < -0.39 is 0 Å². The predicted molar refractivity (Wildman–Crippen MR) is 60.9 cm³/mol. The molecule has 1 unspecified atom stereocenters. The molecule has 0 spiro atoms. The van der Waals surface area contributed by atoms with Gasteiger partial charge in [-0.25, -0.2) is 0 Å². The molecule has 0 aliphatic heterocycles. The molecule has 0 aliphatic rings. The molecule has 0 saturated carbocycles. The average molecular weight is 222 g/mol. The third-order valence-corrected chi connectivity index (χ3v) is 2.70. The molecular formula is C12H12ClNO. The molecule has 78 valence electrons. The highest BCUT2D eigenvalue weighted by molar-refractivity contribution is 6.30. The van der Waals surface area contributed by atoms with Gasteiger partial charge in [0, 0.05) is 10.6 Å². The van der Waals surface area contributed by atoms with Gasteiger partial charge in [0.15, 0.2) is 0 Å². The van der Waals surface area contributed by atoms with Gasteiger partial charge >= 0.3 is 0 Å². The molecule has 2 aromatic rings. The van der Waals surface area contributed by atoms with Crippen LogP contribution in [0.2, 0.25) is 5.02 Å². The van der Waals surface area contributed by atoms with E-state index in [9.17, 15) is 0 Å². The Kier molecular flexibility index (Phi) is 2.80. The summed E-state index contributed by atoms with van der Waals surface area (Å²) in [6, 6.07) is 7.44. The first kappa shape index (κ1) is 10.3. The van der Waals surface area contributed by atoms with E-state index in [-0.39, 0.29) is 6.04 Å². The zero-order chi connectivity index (χ0) is 10.8. The molecule has 1 aromatic heterocycles. The second-order valence-electron chi connectivity index (χ2n) is 3.54. The van der Waals surface area contributed by atoms with Gasteiger partial charge < -0.3 is 10.2 Å². The van der Waals surface area contributed by atoms with Gasteiger partial charge in [-0.2, -0.15) is 0 Å². The highest BCUT2D eigenvalue weighted by Gasteiger charge is 2.12. The van der Waals surface area contributed by atoms with Crippen LogP contribution in [0, 0.1) is 6.92 Å². The van der Waals surface area contributed by atoms with E-state index >= 15 is 0 Å². The smallest absolute Gasteiger partial charge is 0.0953 e. The molecule has 2 N–H and O–H groups in total. The molecular weight excluding hydrogens is 210 g/mol. The third-order valence-electron chi connectivity index (χ3n) is 2.47. The van der Waals surface area contributed by atoms with Crippen molar-refractivity contribution in [1.29, 1.82) is 0 Å². The van der Waals surface area contributed by atoms with Crippen LogP contribution in [0.5, 0.6) is 0 Å². The highest BCUT2D eigenvalue weighted by Crippen LogP contribution is 2.25. The van der Waals surface area contributed by atoms with Crippen LogP contribution in [0.4, 0.5) is 0 Å². The van der Waals surface area contributed by atoms with Crippen molar-refractivity contribution in [3.63, 3.8) is 0 Å². The Bertz CT molecular complexity index is 451. The van der Waals surface area contributed by atoms with Gasteiger partial charge in [0.1, 0.15) is 0 Å². The maximum Gasteiger partial charge on any atom is 0.0953 e. The van der Waals surface area contributed by atoms with Crippen LogP contribution in [0.3, 0.4) is 0 Å². The maximum atomic E-state index is 6.11. The van der Waals surface area contributed by atoms with E-state index in [2.05, 4.69) is 0 Å². The van der Waals surface area contributed by atoms with E-state index in [1.165, 1.54) is 0 Å². The third kappa shape index (κ3) is 2.06. The van der Waals surface area contributed by atoms with E-state index in [0.717, 1.165) is 21.7 Å². The topological polar surface area (TPSA) is 39.2 Å². The van der Waals surface area contributed by atoms with E-state index in [4.69, 9.17) is 21.8 Å². The summed E-state index contributed by atoms with van der Waals surface area (Å²) in [5.74, 6) is 0. The molecule has 0 radical (unpaired) electrons. The number of rotatable bonds is 2. The first-order valence-electron chi connectivity index (χ1n) is 4.72. The molecule has 0 aliphatic carbocycles. The summed E-state index contributed by atoms with van der Waals surface area (Å²) >= 11 is 5.89. The Morgan fingerprint density at radius 1 is 1.33 bits per heavy atom. The van der Waals surface area contributed by atoms with E-state index in [1.54, 1.807) is 12.5 Å². The minimum Gasteiger partial charge on any atom is -0.472 e. The first-order valence-corrected chi connectivity index (χ1v) is 5.10. The van der Waals surface area contributed by atoms with Gasteiger partial charge in [-0.05, 0) is 36.2 Å². The van der Waals surface area contributed by atoms with Crippen LogP contribution in [0.25, 0.3) is 0 Å². The summed E-state index contributed by atoms with van der Waals surface area (Å²) in [4.78, 5) is 0. The lowest BCUT2D eigenvalue weighted by Crippen LogP contribution is -2.12. The lowest BCUT2D eigenvalue weighted by atomic mass is 9.98. The number of hydrogen-bond acceptors (Lipinski definition) is 2. The van der Waals surface area contributed by atoms with Crippen molar-refractivity contribution in [2.24, 2.45) is 5.73 Å².